The lowest BCUT2D eigenvalue weighted by molar-refractivity contribution is -0.147. The van der Waals surface area contributed by atoms with Gasteiger partial charge in [-0.15, -0.1) is 0 Å². The number of halogens is 3. The fourth-order valence-corrected chi connectivity index (χ4v) is 3.92. The fraction of sp³-hybridized carbons (Fsp3) is 0.130. The lowest BCUT2D eigenvalue weighted by Crippen LogP contribution is -2.22. The number of benzene rings is 3. The molecule has 3 aromatic rings. The van der Waals surface area contributed by atoms with Gasteiger partial charge in [-0.1, -0.05) is 95.5 Å². The summed E-state index contributed by atoms with van der Waals surface area (Å²) in [5.41, 5.74) is 2.20. The van der Waals surface area contributed by atoms with Crippen molar-refractivity contribution < 1.29 is 14.3 Å². The molecule has 0 saturated heterocycles. The van der Waals surface area contributed by atoms with Gasteiger partial charge in [0.15, 0.2) is 6.61 Å². The first-order valence-electron chi connectivity index (χ1n) is 9.14. The molecule has 0 fully saturated rings. The van der Waals surface area contributed by atoms with Gasteiger partial charge in [0.1, 0.15) is 0 Å². The summed E-state index contributed by atoms with van der Waals surface area (Å²) in [6.07, 6.45) is 0.101. The molecule has 4 nitrogen and oxygen atoms in total. The summed E-state index contributed by atoms with van der Waals surface area (Å²) in [4.78, 5) is 24.7. The largest absolute Gasteiger partial charge is 0.456 e. The van der Waals surface area contributed by atoms with Crippen LogP contribution in [0.5, 0.6) is 0 Å². The number of nitrogens with one attached hydrogen (secondary N) is 1. The number of carbonyl (C=O) groups excluding carboxylic acids is 2. The van der Waals surface area contributed by atoms with E-state index in [1.54, 1.807) is 0 Å². The third-order valence-electron chi connectivity index (χ3n) is 4.41. The van der Waals surface area contributed by atoms with Crippen LogP contribution in [0.3, 0.4) is 0 Å². The van der Waals surface area contributed by atoms with Gasteiger partial charge in [-0.2, -0.15) is 0 Å². The zero-order chi connectivity index (χ0) is 21.5. The van der Waals surface area contributed by atoms with E-state index in [4.69, 9.17) is 39.5 Å². The van der Waals surface area contributed by atoms with Gasteiger partial charge in [-0.05, 0) is 23.3 Å². The normalized spacial score (nSPS) is 10.7. The van der Waals surface area contributed by atoms with Crippen LogP contribution in [0.15, 0.2) is 72.8 Å². The predicted molar refractivity (Wildman–Crippen MR) is 120 cm³/mol. The number of anilines is 1. The van der Waals surface area contributed by atoms with Crippen molar-refractivity contribution in [3.05, 3.63) is 99.0 Å². The molecule has 1 N–H and O–H groups in total. The molecule has 0 aliphatic heterocycles. The Labute approximate surface area is 189 Å². The highest BCUT2D eigenvalue weighted by Gasteiger charge is 2.20. The van der Waals surface area contributed by atoms with Crippen LogP contribution in [0, 0.1) is 0 Å². The number of amides is 1. The molecule has 0 aliphatic rings. The molecular formula is C23H18Cl3NO3. The zero-order valence-corrected chi connectivity index (χ0v) is 18.0. The van der Waals surface area contributed by atoms with E-state index >= 15 is 0 Å². The molecular weight excluding hydrogens is 445 g/mol. The first kappa shape index (κ1) is 22.2. The summed E-state index contributed by atoms with van der Waals surface area (Å²) in [5.74, 6) is -1.22. The first-order chi connectivity index (χ1) is 14.4. The molecule has 0 bridgehead atoms. The van der Waals surface area contributed by atoms with E-state index < -0.39 is 18.5 Å². The maximum Gasteiger partial charge on any atom is 0.307 e. The van der Waals surface area contributed by atoms with Gasteiger partial charge in [0.25, 0.3) is 5.91 Å². The number of rotatable bonds is 7. The average Bonchev–Trinajstić information content (AvgIpc) is 2.74. The van der Waals surface area contributed by atoms with Crippen LogP contribution < -0.4 is 5.32 Å². The van der Waals surface area contributed by atoms with Crippen LogP contribution in [0.1, 0.15) is 23.5 Å². The van der Waals surface area contributed by atoms with Crippen LogP contribution in [0.2, 0.25) is 15.1 Å². The van der Waals surface area contributed by atoms with E-state index in [0.717, 1.165) is 11.1 Å². The first-order valence-corrected chi connectivity index (χ1v) is 10.3. The van der Waals surface area contributed by atoms with Crippen LogP contribution in [-0.4, -0.2) is 18.5 Å². The number of hydrogen-bond acceptors (Lipinski definition) is 3. The molecule has 3 aromatic carbocycles. The molecule has 0 saturated carbocycles. The number of esters is 1. The van der Waals surface area contributed by atoms with Gasteiger partial charge in [-0.3, -0.25) is 9.59 Å². The summed E-state index contributed by atoms with van der Waals surface area (Å²) in [7, 11) is 0. The minimum atomic E-state index is -0.551. The Balaban J connectivity index is 1.63. The Bertz CT molecular complexity index is 964. The molecule has 154 valence electrons. The van der Waals surface area contributed by atoms with E-state index in [1.807, 2.05) is 60.7 Å². The molecule has 0 radical (unpaired) electrons. The lowest BCUT2D eigenvalue weighted by atomic mass is 9.89. The number of carbonyl (C=O) groups is 2. The highest BCUT2D eigenvalue weighted by Crippen LogP contribution is 2.33. The summed E-state index contributed by atoms with van der Waals surface area (Å²) in [6.45, 7) is -0.454. The molecule has 0 heterocycles. The summed E-state index contributed by atoms with van der Waals surface area (Å²) < 4.78 is 5.19. The van der Waals surface area contributed by atoms with Crippen LogP contribution in [0.25, 0.3) is 0 Å². The van der Waals surface area contributed by atoms with Crippen molar-refractivity contribution in [2.24, 2.45) is 0 Å². The summed E-state index contributed by atoms with van der Waals surface area (Å²) >= 11 is 18.0. The second-order valence-corrected chi connectivity index (χ2v) is 7.78. The minimum absolute atomic E-state index is 0.101. The van der Waals surface area contributed by atoms with Gasteiger partial charge >= 0.3 is 5.97 Å². The van der Waals surface area contributed by atoms with E-state index in [-0.39, 0.29) is 28.1 Å². The molecule has 0 aliphatic carbocycles. The van der Waals surface area contributed by atoms with Crippen molar-refractivity contribution in [1.82, 2.24) is 0 Å². The van der Waals surface area contributed by atoms with Gasteiger partial charge < -0.3 is 10.1 Å². The van der Waals surface area contributed by atoms with Crippen LogP contribution in [-0.2, 0) is 14.3 Å². The van der Waals surface area contributed by atoms with Crippen molar-refractivity contribution in [3.63, 3.8) is 0 Å². The Kier molecular flexibility index (Phi) is 7.75. The molecule has 7 heteroatoms. The summed E-state index contributed by atoms with van der Waals surface area (Å²) in [5, 5.41) is 3.28. The van der Waals surface area contributed by atoms with E-state index in [9.17, 15) is 9.59 Å². The molecule has 0 spiro atoms. The van der Waals surface area contributed by atoms with Crippen LogP contribution in [0.4, 0.5) is 5.69 Å². The van der Waals surface area contributed by atoms with Crippen LogP contribution >= 0.6 is 34.8 Å². The van der Waals surface area contributed by atoms with E-state index in [2.05, 4.69) is 5.32 Å². The molecule has 30 heavy (non-hydrogen) atoms. The molecule has 1 amide bonds. The Hall–Kier alpha value is -2.53. The number of hydrogen-bond donors (Lipinski definition) is 1. The maximum absolute atomic E-state index is 12.5. The zero-order valence-electron chi connectivity index (χ0n) is 15.8. The van der Waals surface area contributed by atoms with Crippen molar-refractivity contribution in [3.8, 4) is 0 Å². The predicted octanol–water partition coefficient (Wildman–Crippen LogP) is 6.35. The Morgan fingerprint density at radius 3 is 1.83 bits per heavy atom. The van der Waals surface area contributed by atoms with Crippen molar-refractivity contribution in [1.29, 1.82) is 0 Å². The fourth-order valence-electron chi connectivity index (χ4n) is 3.01. The SMILES string of the molecule is O=C(COC(=O)CC(c1ccccc1)c1ccccc1)Nc1c(Cl)cc(Cl)cc1Cl. The van der Waals surface area contributed by atoms with Gasteiger partial charge in [0.05, 0.1) is 22.2 Å². The van der Waals surface area contributed by atoms with E-state index in [0.29, 0.717) is 5.02 Å². The third kappa shape index (κ3) is 5.99. The third-order valence-corrected chi connectivity index (χ3v) is 5.22. The van der Waals surface area contributed by atoms with Gasteiger partial charge in [0, 0.05) is 10.9 Å². The summed E-state index contributed by atoms with van der Waals surface area (Å²) in [6, 6.07) is 22.3. The minimum Gasteiger partial charge on any atom is -0.456 e. The smallest absolute Gasteiger partial charge is 0.307 e. The van der Waals surface area contributed by atoms with Crippen molar-refractivity contribution in [2.75, 3.05) is 11.9 Å². The van der Waals surface area contributed by atoms with Gasteiger partial charge in [-0.25, -0.2) is 0 Å². The topological polar surface area (TPSA) is 55.4 Å². The highest BCUT2D eigenvalue weighted by molar-refractivity contribution is 6.42. The molecule has 0 atom stereocenters. The lowest BCUT2D eigenvalue weighted by Gasteiger charge is -2.17. The average molecular weight is 463 g/mol. The quantitative estimate of drug-likeness (QED) is 0.416. The molecule has 3 rings (SSSR count). The van der Waals surface area contributed by atoms with E-state index in [1.165, 1.54) is 12.1 Å². The second kappa shape index (κ2) is 10.5. The molecule has 0 aromatic heterocycles. The number of ether oxygens (including phenoxy) is 1. The standard InChI is InChI=1S/C23H18Cl3NO3/c24-17-11-19(25)23(20(26)12-17)27-21(28)14-30-22(29)13-18(15-7-3-1-4-8-15)16-9-5-2-6-10-16/h1-12,18H,13-14H2,(H,27,28). The van der Waals surface area contributed by atoms with Crippen molar-refractivity contribution in [2.45, 2.75) is 12.3 Å². The van der Waals surface area contributed by atoms with Gasteiger partial charge in [0.2, 0.25) is 0 Å². The Morgan fingerprint density at radius 1 is 0.833 bits per heavy atom. The monoisotopic (exact) mass is 461 g/mol. The highest BCUT2D eigenvalue weighted by atomic mass is 35.5. The Morgan fingerprint density at radius 2 is 1.33 bits per heavy atom. The van der Waals surface area contributed by atoms with Crippen molar-refractivity contribution >= 4 is 52.4 Å². The molecule has 0 unspecified atom stereocenters. The maximum atomic E-state index is 12.5. The second-order valence-electron chi connectivity index (χ2n) is 6.53.